The Morgan fingerprint density at radius 2 is 1.62 bits per heavy atom. The topological polar surface area (TPSA) is 53.2 Å². The number of thiocarbonyl (C=S) groups is 1. The summed E-state index contributed by atoms with van der Waals surface area (Å²) < 4.78 is 0. The molecule has 2 aromatic carbocycles. The van der Waals surface area contributed by atoms with Crippen LogP contribution in [0.4, 0.5) is 5.69 Å². The number of hydrogen-bond acceptors (Lipinski definition) is 2. The monoisotopic (exact) mass is 341 g/mol. The molecule has 3 N–H and O–H groups in total. The van der Waals surface area contributed by atoms with Gasteiger partial charge in [-0.15, -0.1) is 0 Å². The van der Waals surface area contributed by atoms with Gasteiger partial charge in [-0.2, -0.15) is 0 Å². The van der Waals surface area contributed by atoms with Crippen molar-refractivity contribution in [1.82, 2.24) is 10.9 Å². The highest BCUT2D eigenvalue weighted by Gasteiger charge is 2.05. The predicted octanol–water partition coefficient (Wildman–Crippen LogP) is 3.68. The summed E-state index contributed by atoms with van der Waals surface area (Å²) in [6, 6.07) is 15.9. The Morgan fingerprint density at radius 1 is 1.00 bits per heavy atom. The number of anilines is 1. The normalized spacial score (nSPS) is 10.3. The number of hydrogen-bond donors (Lipinski definition) is 3. The van der Waals surface area contributed by atoms with Crippen LogP contribution in [0.5, 0.6) is 0 Å². The third-order valence-corrected chi connectivity index (χ3v) is 3.84. The van der Waals surface area contributed by atoms with Crippen molar-refractivity contribution < 1.29 is 4.79 Å². The Labute approximate surface area is 148 Å². The highest BCUT2D eigenvalue weighted by atomic mass is 32.1. The van der Waals surface area contributed by atoms with E-state index in [0.29, 0.717) is 17.5 Å². The van der Waals surface area contributed by atoms with Crippen LogP contribution in [0.15, 0.2) is 48.5 Å². The summed E-state index contributed by atoms with van der Waals surface area (Å²) in [6.07, 6.45) is 0.305. The van der Waals surface area contributed by atoms with Crippen molar-refractivity contribution in [3.63, 3.8) is 0 Å². The molecule has 5 heteroatoms. The molecular weight excluding hydrogens is 318 g/mol. The molecule has 0 aliphatic carbocycles. The minimum Gasteiger partial charge on any atom is -0.331 e. The van der Waals surface area contributed by atoms with Gasteiger partial charge in [-0.1, -0.05) is 55.8 Å². The number of carbonyl (C=O) groups is 1. The van der Waals surface area contributed by atoms with E-state index in [-0.39, 0.29) is 5.91 Å². The number of aryl methyl sites for hydroxylation is 1. The number of rotatable bonds is 4. The van der Waals surface area contributed by atoms with E-state index in [2.05, 4.69) is 42.1 Å². The SMILES string of the molecule is Cc1ccc(CC(=O)NNC(=S)Nc2ccc(C(C)C)cc2)cc1. The third-order valence-electron chi connectivity index (χ3n) is 3.64. The van der Waals surface area contributed by atoms with Crippen molar-refractivity contribution in [3.8, 4) is 0 Å². The lowest BCUT2D eigenvalue weighted by Gasteiger charge is -2.12. The van der Waals surface area contributed by atoms with Crippen LogP contribution in [0.25, 0.3) is 0 Å². The maximum atomic E-state index is 11.9. The Bertz CT molecular complexity index is 694. The molecule has 0 saturated heterocycles. The van der Waals surface area contributed by atoms with Crippen molar-refractivity contribution in [3.05, 3.63) is 65.2 Å². The summed E-state index contributed by atoms with van der Waals surface area (Å²) in [7, 11) is 0. The molecule has 1 amide bonds. The van der Waals surface area contributed by atoms with Gasteiger partial charge in [0.2, 0.25) is 5.91 Å². The smallest absolute Gasteiger partial charge is 0.242 e. The van der Waals surface area contributed by atoms with Gasteiger partial charge >= 0.3 is 0 Å². The summed E-state index contributed by atoms with van der Waals surface area (Å²) >= 11 is 5.18. The quantitative estimate of drug-likeness (QED) is 0.586. The molecule has 0 bridgehead atoms. The zero-order chi connectivity index (χ0) is 17.5. The number of amides is 1. The molecule has 0 radical (unpaired) electrons. The standard InChI is InChI=1S/C19H23N3OS/c1-13(2)16-8-10-17(11-9-16)20-19(24)22-21-18(23)12-15-6-4-14(3)5-7-15/h4-11,13H,12H2,1-3H3,(H,21,23)(H2,20,22,24). The first-order chi connectivity index (χ1) is 11.4. The summed E-state index contributed by atoms with van der Waals surface area (Å²) in [4.78, 5) is 11.9. The van der Waals surface area contributed by atoms with Crippen molar-refractivity contribution >= 4 is 28.9 Å². The molecule has 2 rings (SSSR count). The van der Waals surface area contributed by atoms with E-state index in [1.807, 2.05) is 43.3 Å². The van der Waals surface area contributed by atoms with Crippen LogP contribution >= 0.6 is 12.2 Å². The number of benzene rings is 2. The molecule has 2 aromatic rings. The minimum atomic E-state index is -0.141. The van der Waals surface area contributed by atoms with Crippen LogP contribution in [0.2, 0.25) is 0 Å². The molecule has 0 aromatic heterocycles. The van der Waals surface area contributed by atoms with E-state index in [9.17, 15) is 4.79 Å². The number of carbonyl (C=O) groups excluding carboxylic acids is 1. The van der Waals surface area contributed by atoms with Crippen molar-refractivity contribution in [2.45, 2.75) is 33.1 Å². The first-order valence-electron chi connectivity index (χ1n) is 7.95. The van der Waals surface area contributed by atoms with Crippen LogP contribution in [0.3, 0.4) is 0 Å². The van der Waals surface area contributed by atoms with E-state index in [0.717, 1.165) is 11.3 Å². The van der Waals surface area contributed by atoms with Gasteiger partial charge in [0.05, 0.1) is 6.42 Å². The maximum absolute atomic E-state index is 11.9. The molecule has 0 atom stereocenters. The second kappa shape index (κ2) is 8.45. The van der Waals surface area contributed by atoms with Crippen molar-refractivity contribution in [1.29, 1.82) is 0 Å². The molecular formula is C19H23N3OS. The second-order valence-corrected chi connectivity index (χ2v) is 6.47. The van der Waals surface area contributed by atoms with E-state index in [1.165, 1.54) is 11.1 Å². The second-order valence-electron chi connectivity index (χ2n) is 6.07. The Morgan fingerprint density at radius 3 is 2.21 bits per heavy atom. The lowest BCUT2D eigenvalue weighted by atomic mass is 10.0. The zero-order valence-electron chi connectivity index (χ0n) is 14.2. The Hall–Kier alpha value is -2.40. The van der Waals surface area contributed by atoms with Gasteiger partial charge in [-0.3, -0.25) is 15.6 Å². The van der Waals surface area contributed by atoms with Crippen LogP contribution in [0.1, 0.15) is 36.5 Å². The van der Waals surface area contributed by atoms with Crippen molar-refractivity contribution in [2.75, 3.05) is 5.32 Å². The summed E-state index contributed by atoms with van der Waals surface area (Å²) in [5.41, 5.74) is 9.61. The van der Waals surface area contributed by atoms with E-state index >= 15 is 0 Å². The summed E-state index contributed by atoms with van der Waals surface area (Å²) in [6.45, 7) is 6.32. The first-order valence-corrected chi connectivity index (χ1v) is 8.36. The van der Waals surface area contributed by atoms with E-state index in [4.69, 9.17) is 12.2 Å². The fourth-order valence-electron chi connectivity index (χ4n) is 2.18. The molecule has 0 spiro atoms. The molecule has 0 aliphatic rings. The summed E-state index contributed by atoms with van der Waals surface area (Å²) in [5, 5.41) is 3.39. The third kappa shape index (κ3) is 5.66. The predicted molar refractivity (Wildman–Crippen MR) is 103 cm³/mol. The van der Waals surface area contributed by atoms with Crippen LogP contribution in [-0.4, -0.2) is 11.0 Å². The fourth-order valence-corrected chi connectivity index (χ4v) is 2.34. The van der Waals surface area contributed by atoms with E-state index in [1.54, 1.807) is 0 Å². The molecule has 4 nitrogen and oxygen atoms in total. The highest BCUT2D eigenvalue weighted by Crippen LogP contribution is 2.16. The average molecular weight is 341 g/mol. The van der Waals surface area contributed by atoms with Crippen LogP contribution in [0, 0.1) is 6.92 Å². The lowest BCUT2D eigenvalue weighted by molar-refractivity contribution is -0.120. The first kappa shape index (κ1) is 17.9. The maximum Gasteiger partial charge on any atom is 0.242 e. The molecule has 0 fully saturated rings. The zero-order valence-corrected chi connectivity index (χ0v) is 15.0. The molecule has 24 heavy (non-hydrogen) atoms. The van der Waals surface area contributed by atoms with Crippen LogP contribution in [-0.2, 0) is 11.2 Å². The highest BCUT2D eigenvalue weighted by molar-refractivity contribution is 7.80. The van der Waals surface area contributed by atoms with Gasteiger partial charge in [-0.25, -0.2) is 0 Å². The molecule has 0 aliphatic heterocycles. The number of hydrazine groups is 1. The molecule has 0 saturated carbocycles. The van der Waals surface area contributed by atoms with Gasteiger partial charge in [0.1, 0.15) is 0 Å². The molecule has 0 heterocycles. The number of nitrogens with one attached hydrogen (secondary N) is 3. The Balaban J connectivity index is 1.77. The fraction of sp³-hybridized carbons (Fsp3) is 0.263. The van der Waals surface area contributed by atoms with Gasteiger partial charge in [0, 0.05) is 5.69 Å². The average Bonchev–Trinajstić information content (AvgIpc) is 2.55. The lowest BCUT2D eigenvalue weighted by Crippen LogP contribution is -2.44. The van der Waals surface area contributed by atoms with Crippen molar-refractivity contribution in [2.24, 2.45) is 0 Å². The van der Waals surface area contributed by atoms with Gasteiger partial charge in [0.15, 0.2) is 5.11 Å². The van der Waals surface area contributed by atoms with Crippen LogP contribution < -0.4 is 16.2 Å². The largest absolute Gasteiger partial charge is 0.331 e. The summed E-state index contributed by atoms with van der Waals surface area (Å²) in [5.74, 6) is 0.350. The van der Waals surface area contributed by atoms with E-state index < -0.39 is 0 Å². The van der Waals surface area contributed by atoms with Gasteiger partial charge < -0.3 is 5.32 Å². The Kier molecular flexibility index (Phi) is 6.32. The van der Waals surface area contributed by atoms with Gasteiger partial charge in [0.25, 0.3) is 0 Å². The van der Waals surface area contributed by atoms with Gasteiger partial charge in [-0.05, 0) is 48.3 Å². The molecule has 126 valence electrons. The molecule has 0 unspecified atom stereocenters. The minimum absolute atomic E-state index is 0.141.